The molecule has 5 N–H and O–H groups in total. The molecule has 1 unspecified atom stereocenters. The van der Waals surface area contributed by atoms with Crippen molar-refractivity contribution in [2.75, 3.05) is 6.54 Å². The Morgan fingerprint density at radius 2 is 2.07 bits per heavy atom. The molecule has 0 aliphatic heterocycles. The number of hydrogen-bond donors (Lipinski definition) is 4. The molecule has 0 saturated heterocycles. The summed E-state index contributed by atoms with van der Waals surface area (Å²) in [6.07, 6.45) is 2.81. The van der Waals surface area contributed by atoms with E-state index in [1.54, 1.807) is 6.92 Å². The van der Waals surface area contributed by atoms with Gasteiger partial charge in [-0.1, -0.05) is 0 Å². The number of pyridine rings is 1. The molecule has 0 spiro atoms. The fraction of sp³-hybridized carbons (Fsp3) is 0.333. The molecule has 1 atom stereocenters. The number of nitrogens with two attached hydrogens (primary N) is 1. The largest absolute Gasteiger partial charge is 0.478 e. The number of halogens is 1. The Bertz CT molecular complexity index is 1260. The lowest BCUT2D eigenvalue weighted by Crippen LogP contribution is -2.41. The number of nitrogens with one attached hydrogen (secondary N) is 2. The third-order valence-electron chi connectivity index (χ3n) is 4.87. The number of rotatable bonds is 6. The van der Waals surface area contributed by atoms with Crippen LogP contribution in [-0.2, 0) is 10.0 Å². The third kappa shape index (κ3) is 3.64. The van der Waals surface area contributed by atoms with Gasteiger partial charge in [0.1, 0.15) is 5.52 Å². The molecule has 156 valence electrons. The van der Waals surface area contributed by atoms with Crippen molar-refractivity contribution in [2.45, 2.75) is 36.7 Å². The number of carboxylic acid groups (broad SMARTS) is 1. The first kappa shape index (κ1) is 21.3. The molecule has 1 fully saturated rings. The van der Waals surface area contributed by atoms with Crippen LogP contribution in [0.25, 0.3) is 21.8 Å². The van der Waals surface area contributed by atoms with Gasteiger partial charge in [-0.2, -0.15) is 4.31 Å². The van der Waals surface area contributed by atoms with Crippen molar-refractivity contribution in [1.82, 2.24) is 14.3 Å². The lowest BCUT2D eigenvalue weighted by Gasteiger charge is -2.23. The molecule has 1 aliphatic carbocycles. The zero-order valence-corrected chi connectivity index (χ0v) is 17.1. The molecular weight excluding hydrogens is 420 g/mol. The van der Waals surface area contributed by atoms with Crippen LogP contribution in [0.4, 0.5) is 0 Å². The molecular formula is C18H21ClN4O5S. The second-order valence-electron chi connectivity index (χ2n) is 7.20. The number of aromatic amines is 2. The zero-order valence-electron chi connectivity index (χ0n) is 15.5. The lowest BCUT2D eigenvalue weighted by atomic mass is 10.1. The van der Waals surface area contributed by atoms with Gasteiger partial charge in [0.25, 0.3) is 5.56 Å². The van der Waals surface area contributed by atoms with Gasteiger partial charge in [-0.05, 0) is 38.0 Å². The van der Waals surface area contributed by atoms with Gasteiger partial charge >= 0.3 is 5.97 Å². The Labute approximate surface area is 172 Å². The Morgan fingerprint density at radius 3 is 2.66 bits per heavy atom. The van der Waals surface area contributed by atoms with Crippen molar-refractivity contribution in [3.8, 4) is 0 Å². The highest BCUT2D eigenvalue weighted by molar-refractivity contribution is 7.89. The minimum absolute atomic E-state index is 0. The van der Waals surface area contributed by atoms with Gasteiger partial charge in [0, 0.05) is 41.1 Å². The van der Waals surface area contributed by atoms with Crippen LogP contribution in [0.5, 0.6) is 0 Å². The van der Waals surface area contributed by atoms with E-state index in [1.807, 2.05) is 0 Å². The number of sulfonamides is 1. The summed E-state index contributed by atoms with van der Waals surface area (Å²) in [5.74, 6) is -1.21. The van der Waals surface area contributed by atoms with Crippen LogP contribution in [0.2, 0.25) is 0 Å². The predicted octanol–water partition coefficient (Wildman–Crippen LogP) is 1.63. The zero-order chi connectivity index (χ0) is 20.2. The second kappa shape index (κ2) is 7.45. The summed E-state index contributed by atoms with van der Waals surface area (Å²) in [5, 5.41) is 9.99. The maximum atomic E-state index is 13.2. The number of carbonyl (C=O) groups is 1. The molecule has 3 aromatic rings. The quantitative estimate of drug-likeness (QED) is 0.457. The Hall–Kier alpha value is -2.40. The first-order valence-corrected chi connectivity index (χ1v) is 10.3. The first-order chi connectivity index (χ1) is 13.2. The number of benzene rings is 1. The number of carboxylic acids is 1. The smallest absolute Gasteiger partial charge is 0.337 e. The fourth-order valence-electron chi connectivity index (χ4n) is 3.46. The van der Waals surface area contributed by atoms with Crippen molar-refractivity contribution in [2.24, 2.45) is 5.73 Å². The van der Waals surface area contributed by atoms with Crippen LogP contribution in [0, 0.1) is 0 Å². The molecule has 11 heteroatoms. The summed E-state index contributed by atoms with van der Waals surface area (Å²) in [7, 11) is -3.82. The van der Waals surface area contributed by atoms with Crippen molar-refractivity contribution in [1.29, 1.82) is 0 Å². The van der Waals surface area contributed by atoms with Gasteiger partial charge in [-0.3, -0.25) is 4.79 Å². The van der Waals surface area contributed by atoms with Crippen molar-refractivity contribution in [3.63, 3.8) is 0 Å². The van der Waals surface area contributed by atoms with Crippen LogP contribution in [0.3, 0.4) is 0 Å². The van der Waals surface area contributed by atoms with E-state index in [-0.39, 0.29) is 52.4 Å². The maximum Gasteiger partial charge on any atom is 0.337 e. The van der Waals surface area contributed by atoms with E-state index in [9.17, 15) is 23.1 Å². The van der Waals surface area contributed by atoms with E-state index in [0.29, 0.717) is 10.9 Å². The fourth-order valence-corrected chi connectivity index (χ4v) is 5.27. The van der Waals surface area contributed by atoms with E-state index >= 15 is 0 Å². The van der Waals surface area contributed by atoms with Gasteiger partial charge in [-0.25, -0.2) is 13.2 Å². The molecule has 2 heterocycles. The van der Waals surface area contributed by atoms with Gasteiger partial charge in [0.15, 0.2) is 0 Å². The Morgan fingerprint density at radius 1 is 1.38 bits per heavy atom. The predicted molar refractivity (Wildman–Crippen MR) is 111 cm³/mol. The summed E-state index contributed by atoms with van der Waals surface area (Å²) >= 11 is 0. The first-order valence-electron chi connectivity index (χ1n) is 8.88. The van der Waals surface area contributed by atoms with Crippen molar-refractivity contribution in [3.05, 3.63) is 40.3 Å². The summed E-state index contributed by atoms with van der Waals surface area (Å²) < 4.78 is 27.9. The standard InChI is InChI=1S/C18H20N4O5S.ClH/c1-9(19)8-22(10-2-3-10)28(26,27)11-4-5-14-12(6-11)15-13(18(24)25)7-20-16(15)17(23)21-14;/h4-7,9-10,20H,2-3,8,19H2,1H3,(H,21,23)(H,24,25);1H. The molecule has 0 amide bonds. The van der Waals surface area contributed by atoms with Crippen molar-refractivity contribution < 1.29 is 18.3 Å². The normalized spacial score (nSPS) is 15.6. The average Bonchev–Trinajstić information content (AvgIpc) is 3.35. The molecule has 0 radical (unpaired) electrons. The Kier molecular flexibility index (Phi) is 5.48. The number of aromatic carboxylic acids is 1. The number of nitrogens with zero attached hydrogens (tertiary/aromatic N) is 1. The molecule has 1 aliphatic rings. The number of H-pyrrole nitrogens is 2. The van der Waals surface area contributed by atoms with Crippen LogP contribution in [-0.4, -0.2) is 52.4 Å². The summed E-state index contributed by atoms with van der Waals surface area (Å²) in [4.78, 5) is 29.1. The second-order valence-corrected chi connectivity index (χ2v) is 9.09. The highest BCUT2D eigenvalue weighted by atomic mass is 35.5. The molecule has 0 bridgehead atoms. The molecule has 1 aromatic carbocycles. The average molecular weight is 441 g/mol. The Balaban J connectivity index is 0.00000240. The lowest BCUT2D eigenvalue weighted by molar-refractivity contribution is 0.0699. The van der Waals surface area contributed by atoms with E-state index in [2.05, 4.69) is 9.97 Å². The van der Waals surface area contributed by atoms with Crippen LogP contribution in [0.1, 0.15) is 30.1 Å². The number of fused-ring (bicyclic) bond motifs is 3. The summed E-state index contributed by atoms with van der Waals surface area (Å²) in [5.41, 5.74) is 5.74. The minimum atomic E-state index is -3.82. The molecule has 2 aromatic heterocycles. The highest BCUT2D eigenvalue weighted by Gasteiger charge is 2.38. The topological polar surface area (TPSA) is 149 Å². The van der Waals surface area contributed by atoms with Crippen LogP contribution >= 0.6 is 12.4 Å². The van der Waals surface area contributed by atoms with Gasteiger partial charge in [-0.15, -0.1) is 12.4 Å². The molecule has 1 saturated carbocycles. The van der Waals surface area contributed by atoms with Crippen LogP contribution < -0.4 is 11.3 Å². The van der Waals surface area contributed by atoms with Gasteiger partial charge in [0.05, 0.1) is 10.5 Å². The van der Waals surface area contributed by atoms with E-state index < -0.39 is 21.6 Å². The van der Waals surface area contributed by atoms with E-state index in [4.69, 9.17) is 5.73 Å². The SMILES string of the molecule is CC(N)CN(C1CC1)S(=O)(=O)c1ccc2[nH]c(=O)c3[nH]cc(C(=O)O)c3c2c1.Cl. The molecule has 29 heavy (non-hydrogen) atoms. The molecule has 9 nitrogen and oxygen atoms in total. The van der Waals surface area contributed by atoms with Crippen molar-refractivity contribution >= 4 is 50.2 Å². The molecule has 4 rings (SSSR count). The van der Waals surface area contributed by atoms with Gasteiger partial charge in [0.2, 0.25) is 10.0 Å². The minimum Gasteiger partial charge on any atom is -0.478 e. The number of hydrogen-bond acceptors (Lipinski definition) is 5. The summed E-state index contributed by atoms with van der Waals surface area (Å²) in [6, 6.07) is 3.94. The number of aromatic nitrogens is 2. The van der Waals surface area contributed by atoms with E-state index in [0.717, 1.165) is 12.8 Å². The third-order valence-corrected chi connectivity index (χ3v) is 6.79. The highest BCUT2D eigenvalue weighted by Crippen LogP contribution is 2.34. The van der Waals surface area contributed by atoms with Gasteiger partial charge < -0.3 is 20.8 Å². The monoisotopic (exact) mass is 440 g/mol. The van der Waals surface area contributed by atoms with Crippen LogP contribution in [0.15, 0.2) is 34.1 Å². The summed E-state index contributed by atoms with van der Waals surface area (Å²) in [6.45, 7) is 1.95. The maximum absolute atomic E-state index is 13.2. The van der Waals surface area contributed by atoms with E-state index in [1.165, 1.54) is 28.7 Å².